The molecule has 0 bridgehead atoms. The molecular weight excluding hydrogens is 516 g/mol. The van der Waals surface area contributed by atoms with Crippen LogP contribution in [0.5, 0.6) is 0 Å². The molecule has 0 unspecified atom stereocenters. The fraction of sp³-hybridized carbons (Fsp3) is 0.172. The molecular formula is C29H28N4O3S2. The van der Waals surface area contributed by atoms with Crippen LogP contribution >= 0.6 is 11.8 Å². The first-order chi connectivity index (χ1) is 18.3. The van der Waals surface area contributed by atoms with Gasteiger partial charge in [0.05, 0.1) is 22.0 Å². The molecule has 9 heteroatoms. The van der Waals surface area contributed by atoms with Gasteiger partial charge in [-0.15, -0.1) is 0 Å². The standard InChI is InChI=1S/C29H28N4O3S2/c1-4-32-25-16-14-20(3)18-21(25)15-17-26(32)27-28(34)33(5-2)29(37-27)30-22-10-9-11-23(19-22)31-38(35,36)24-12-7-6-8-13-24/h6-19,31H,4-5H2,1-3H3/b27-26+,30-29?. The van der Waals surface area contributed by atoms with E-state index in [1.807, 2.05) is 13.0 Å². The molecule has 2 aliphatic rings. The Morgan fingerprint density at radius 2 is 1.66 bits per heavy atom. The fourth-order valence-electron chi connectivity index (χ4n) is 4.47. The fourth-order valence-corrected chi connectivity index (χ4v) is 6.67. The van der Waals surface area contributed by atoms with E-state index in [0.717, 1.165) is 23.5 Å². The van der Waals surface area contributed by atoms with Gasteiger partial charge in [-0.1, -0.05) is 42.0 Å². The smallest absolute Gasteiger partial charge is 0.268 e. The number of likely N-dealkylation sites (N-methyl/N-ethyl adjacent to an activating group) is 2. The number of carbonyl (C=O) groups excluding carboxylic acids is 1. The van der Waals surface area contributed by atoms with Gasteiger partial charge in [0.2, 0.25) is 0 Å². The zero-order valence-electron chi connectivity index (χ0n) is 21.4. The van der Waals surface area contributed by atoms with Crippen LogP contribution in [0.15, 0.2) is 99.4 Å². The molecule has 1 saturated heterocycles. The van der Waals surface area contributed by atoms with Gasteiger partial charge < -0.3 is 4.90 Å². The second kappa shape index (κ2) is 10.5. The molecule has 0 atom stereocenters. The Morgan fingerprint density at radius 3 is 2.39 bits per heavy atom. The quantitative estimate of drug-likeness (QED) is 0.377. The van der Waals surface area contributed by atoms with E-state index >= 15 is 0 Å². The number of hydrogen-bond acceptors (Lipinski definition) is 6. The highest BCUT2D eigenvalue weighted by Gasteiger charge is 2.36. The molecule has 3 aromatic rings. The van der Waals surface area contributed by atoms with Crippen LogP contribution in [-0.4, -0.2) is 37.5 Å². The summed E-state index contributed by atoms with van der Waals surface area (Å²) in [6, 6.07) is 21.4. The summed E-state index contributed by atoms with van der Waals surface area (Å²) in [7, 11) is -3.73. The minimum atomic E-state index is -3.73. The Hall–Kier alpha value is -3.82. The minimum Gasteiger partial charge on any atom is -0.340 e. The first kappa shape index (κ1) is 25.8. The molecule has 1 N–H and O–H groups in total. The minimum absolute atomic E-state index is 0.0918. The number of aryl methyl sites for hydroxylation is 1. The number of sulfonamides is 1. The molecule has 0 saturated carbocycles. The van der Waals surface area contributed by atoms with Crippen molar-refractivity contribution in [3.63, 3.8) is 0 Å². The van der Waals surface area contributed by atoms with E-state index in [1.54, 1.807) is 59.5 Å². The summed E-state index contributed by atoms with van der Waals surface area (Å²) in [4.78, 5) is 22.9. The Kier molecular flexibility index (Phi) is 7.14. The van der Waals surface area contributed by atoms with E-state index in [4.69, 9.17) is 4.99 Å². The summed E-state index contributed by atoms with van der Waals surface area (Å²) < 4.78 is 28.1. The number of nitrogens with zero attached hydrogens (tertiary/aromatic N) is 3. The van der Waals surface area contributed by atoms with Crippen LogP contribution in [0.4, 0.5) is 17.1 Å². The van der Waals surface area contributed by atoms with Crippen LogP contribution < -0.4 is 9.62 Å². The van der Waals surface area contributed by atoms with Gasteiger partial charge in [0.25, 0.3) is 15.9 Å². The Bertz CT molecular complexity index is 1600. The number of aliphatic imine (C=N–C) groups is 1. The Balaban J connectivity index is 1.47. The molecule has 0 aromatic heterocycles. The van der Waals surface area contributed by atoms with E-state index in [-0.39, 0.29) is 10.8 Å². The maximum Gasteiger partial charge on any atom is 0.268 e. The number of amidine groups is 1. The molecule has 0 aliphatic carbocycles. The van der Waals surface area contributed by atoms with E-state index in [9.17, 15) is 13.2 Å². The van der Waals surface area contributed by atoms with E-state index in [2.05, 4.69) is 47.7 Å². The number of amides is 1. The summed E-state index contributed by atoms with van der Waals surface area (Å²) in [6.45, 7) is 7.24. The average Bonchev–Trinajstić information content (AvgIpc) is 3.22. The second-order valence-electron chi connectivity index (χ2n) is 8.87. The van der Waals surface area contributed by atoms with E-state index in [0.29, 0.717) is 28.0 Å². The summed E-state index contributed by atoms with van der Waals surface area (Å²) in [5.74, 6) is -0.0918. The first-order valence-corrected chi connectivity index (χ1v) is 14.7. The van der Waals surface area contributed by atoms with Gasteiger partial charge in [0.1, 0.15) is 4.91 Å². The Labute approximate surface area is 227 Å². The van der Waals surface area contributed by atoms with Crippen molar-refractivity contribution in [2.75, 3.05) is 22.7 Å². The van der Waals surface area contributed by atoms with Crippen LogP contribution in [0.1, 0.15) is 25.0 Å². The van der Waals surface area contributed by atoms with Gasteiger partial charge in [0, 0.05) is 18.8 Å². The second-order valence-corrected chi connectivity index (χ2v) is 11.5. The van der Waals surface area contributed by atoms with Gasteiger partial charge in [-0.3, -0.25) is 14.4 Å². The number of allylic oxidation sites excluding steroid dienone is 1. The molecule has 2 heterocycles. The van der Waals surface area contributed by atoms with Gasteiger partial charge in [0.15, 0.2) is 5.17 Å². The molecule has 3 aromatic carbocycles. The third-order valence-corrected chi connectivity index (χ3v) is 8.77. The SMILES string of the molecule is CCN1C(=O)/C(=C2/C=Cc3cc(C)ccc3N2CC)SC1=Nc1cccc(NS(=O)(=O)c2ccccc2)c1. The lowest BCUT2D eigenvalue weighted by Gasteiger charge is -2.30. The largest absolute Gasteiger partial charge is 0.340 e. The van der Waals surface area contributed by atoms with Crippen LogP contribution in [-0.2, 0) is 14.8 Å². The Morgan fingerprint density at radius 1 is 0.895 bits per heavy atom. The normalized spacial score (nSPS) is 18.3. The molecule has 0 spiro atoms. The van der Waals surface area contributed by atoms with Crippen molar-refractivity contribution in [1.29, 1.82) is 0 Å². The summed E-state index contributed by atoms with van der Waals surface area (Å²) >= 11 is 1.34. The van der Waals surface area contributed by atoms with Gasteiger partial charge in [-0.2, -0.15) is 0 Å². The molecule has 7 nitrogen and oxygen atoms in total. The average molecular weight is 545 g/mol. The van der Waals surface area contributed by atoms with Crippen molar-refractivity contribution in [3.05, 3.63) is 101 Å². The van der Waals surface area contributed by atoms with Crippen molar-refractivity contribution < 1.29 is 13.2 Å². The van der Waals surface area contributed by atoms with Gasteiger partial charge in [-0.05, 0) is 86.6 Å². The van der Waals surface area contributed by atoms with Crippen molar-refractivity contribution in [2.45, 2.75) is 25.7 Å². The number of thioether (sulfide) groups is 1. The highest BCUT2D eigenvalue weighted by atomic mass is 32.2. The predicted octanol–water partition coefficient (Wildman–Crippen LogP) is 6.14. The van der Waals surface area contributed by atoms with Crippen molar-refractivity contribution in [3.8, 4) is 0 Å². The number of nitrogens with one attached hydrogen (secondary N) is 1. The lowest BCUT2D eigenvalue weighted by Crippen LogP contribution is -2.30. The van der Waals surface area contributed by atoms with Crippen LogP contribution in [0.25, 0.3) is 6.08 Å². The lowest BCUT2D eigenvalue weighted by molar-refractivity contribution is -0.122. The first-order valence-electron chi connectivity index (χ1n) is 12.4. The van der Waals surface area contributed by atoms with Crippen molar-refractivity contribution >= 4 is 56.0 Å². The number of anilines is 2. The van der Waals surface area contributed by atoms with Gasteiger partial charge in [-0.25, -0.2) is 13.4 Å². The van der Waals surface area contributed by atoms with Crippen molar-refractivity contribution in [1.82, 2.24) is 4.90 Å². The van der Waals surface area contributed by atoms with Crippen LogP contribution in [0, 0.1) is 6.92 Å². The zero-order valence-corrected chi connectivity index (χ0v) is 23.0. The molecule has 194 valence electrons. The molecule has 38 heavy (non-hydrogen) atoms. The third kappa shape index (κ3) is 4.99. The van der Waals surface area contributed by atoms with Gasteiger partial charge >= 0.3 is 0 Å². The highest BCUT2D eigenvalue weighted by molar-refractivity contribution is 8.18. The zero-order chi connectivity index (χ0) is 26.9. The number of benzene rings is 3. The predicted molar refractivity (Wildman–Crippen MR) is 156 cm³/mol. The molecule has 1 fully saturated rings. The maximum atomic E-state index is 13.5. The lowest BCUT2D eigenvalue weighted by atomic mass is 10.0. The third-order valence-electron chi connectivity index (χ3n) is 6.29. The van der Waals surface area contributed by atoms with Crippen LogP contribution in [0.3, 0.4) is 0 Å². The number of fused-ring (bicyclic) bond motifs is 1. The molecule has 5 rings (SSSR count). The maximum absolute atomic E-state index is 13.5. The topological polar surface area (TPSA) is 82.1 Å². The molecule has 0 radical (unpaired) electrons. The van der Waals surface area contributed by atoms with Crippen molar-refractivity contribution in [2.24, 2.45) is 4.99 Å². The molecule has 2 aliphatic heterocycles. The number of rotatable bonds is 6. The summed E-state index contributed by atoms with van der Waals surface area (Å²) in [5, 5.41) is 0.558. The van der Waals surface area contributed by atoms with E-state index < -0.39 is 10.0 Å². The number of hydrogen-bond donors (Lipinski definition) is 1. The highest BCUT2D eigenvalue weighted by Crippen LogP contribution is 2.40. The van der Waals surface area contributed by atoms with E-state index in [1.165, 1.54) is 17.3 Å². The number of carbonyl (C=O) groups is 1. The van der Waals surface area contributed by atoms with Crippen LogP contribution in [0.2, 0.25) is 0 Å². The summed E-state index contributed by atoms with van der Waals surface area (Å²) in [6.07, 6.45) is 4.06. The summed E-state index contributed by atoms with van der Waals surface area (Å²) in [5.41, 5.74) is 5.18. The molecule has 1 amide bonds. The monoisotopic (exact) mass is 544 g/mol.